The van der Waals surface area contributed by atoms with E-state index in [1.54, 1.807) is 0 Å². The van der Waals surface area contributed by atoms with Crippen molar-refractivity contribution in [3.05, 3.63) is 41.7 Å². The van der Waals surface area contributed by atoms with Gasteiger partial charge in [0.1, 0.15) is 5.82 Å². The van der Waals surface area contributed by atoms with Gasteiger partial charge in [0.25, 0.3) is 0 Å². The Labute approximate surface area is 89.3 Å². The van der Waals surface area contributed by atoms with Crippen LogP contribution in [0.3, 0.4) is 0 Å². The van der Waals surface area contributed by atoms with Gasteiger partial charge in [-0.1, -0.05) is 18.2 Å². The van der Waals surface area contributed by atoms with Gasteiger partial charge in [0.15, 0.2) is 0 Å². The van der Waals surface area contributed by atoms with E-state index in [1.807, 2.05) is 43.4 Å². The molecule has 0 radical (unpaired) electrons. The Bertz CT molecular complexity index is 308. The molecule has 3 nitrogen and oxygen atoms in total. The Kier molecular flexibility index (Phi) is 3.80. The van der Waals surface area contributed by atoms with E-state index in [-0.39, 0.29) is 0 Å². The van der Waals surface area contributed by atoms with Crippen LogP contribution in [-0.2, 0) is 0 Å². The molecule has 14 heavy (non-hydrogen) atoms. The first-order chi connectivity index (χ1) is 6.69. The van der Waals surface area contributed by atoms with Crippen molar-refractivity contribution in [1.82, 2.24) is 10.7 Å². The third kappa shape index (κ3) is 2.40. The summed E-state index contributed by atoms with van der Waals surface area (Å²) in [5.74, 6) is 0.773. The summed E-state index contributed by atoms with van der Waals surface area (Å²) in [6.45, 7) is 3.86. The summed E-state index contributed by atoms with van der Waals surface area (Å²) in [5, 5.41) is 5.52. The normalized spacial score (nSPS) is 9.64. The summed E-state index contributed by atoms with van der Waals surface area (Å²) in [6.07, 6.45) is 0. The minimum Gasteiger partial charge on any atom is -0.374 e. The maximum absolute atomic E-state index is 5.80. The molecule has 1 aromatic carbocycles. The molecule has 0 amide bonds. The van der Waals surface area contributed by atoms with Gasteiger partial charge in [-0.25, -0.2) is 5.43 Å². The molecule has 0 unspecified atom stereocenters. The Morgan fingerprint density at radius 1 is 1.29 bits per heavy atom. The second kappa shape index (κ2) is 4.88. The topological polar surface area (TPSA) is 27.3 Å². The first-order valence-corrected chi connectivity index (χ1v) is 4.66. The molecule has 0 aliphatic heterocycles. The van der Waals surface area contributed by atoms with E-state index in [9.17, 15) is 0 Å². The molecule has 0 aromatic heterocycles. The van der Waals surface area contributed by atoms with Crippen molar-refractivity contribution >= 4 is 17.3 Å². The zero-order valence-electron chi connectivity index (χ0n) is 8.34. The highest BCUT2D eigenvalue weighted by Gasteiger charge is 2.05. The molecule has 2 N–H and O–H groups in total. The lowest BCUT2D eigenvalue weighted by Crippen LogP contribution is -2.38. The van der Waals surface area contributed by atoms with Gasteiger partial charge < -0.3 is 5.32 Å². The smallest absolute Gasteiger partial charge is 0.113 e. The lowest BCUT2D eigenvalue weighted by Gasteiger charge is -2.24. The van der Waals surface area contributed by atoms with Gasteiger partial charge >= 0.3 is 0 Å². The quantitative estimate of drug-likeness (QED) is 0.746. The third-order valence-corrected chi connectivity index (χ3v) is 2.12. The van der Waals surface area contributed by atoms with E-state index in [1.165, 1.54) is 0 Å². The zero-order chi connectivity index (χ0) is 10.6. The maximum Gasteiger partial charge on any atom is 0.113 e. The number of halogens is 1. The molecule has 0 saturated heterocycles. The summed E-state index contributed by atoms with van der Waals surface area (Å²) in [4.78, 5) is 0. The Hall–Kier alpha value is -1.19. The van der Waals surface area contributed by atoms with E-state index in [0.29, 0.717) is 0 Å². The number of benzene rings is 1. The van der Waals surface area contributed by atoms with Crippen LogP contribution < -0.4 is 15.8 Å². The molecular weight excluding hydrogens is 198 g/mol. The number of nitrogens with zero attached hydrogens (tertiary/aromatic N) is 1. The van der Waals surface area contributed by atoms with E-state index in [2.05, 4.69) is 17.3 Å². The number of hydrazine groups is 1. The molecule has 4 heteroatoms. The highest BCUT2D eigenvalue weighted by molar-refractivity contribution is 6.30. The van der Waals surface area contributed by atoms with Gasteiger partial charge in [0, 0.05) is 19.1 Å². The van der Waals surface area contributed by atoms with Gasteiger partial charge in [-0.05, 0) is 24.3 Å². The largest absolute Gasteiger partial charge is 0.374 e. The number of hydrogen-bond acceptors (Lipinski definition) is 3. The molecule has 0 aliphatic carbocycles. The minimum atomic E-state index is 0.722. The van der Waals surface area contributed by atoms with Gasteiger partial charge in [0.05, 0.1) is 5.69 Å². The van der Waals surface area contributed by atoms with Crippen LogP contribution in [0.4, 0.5) is 5.69 Å². The first kappa shape index (κ1) is 10.9. The Balaban J connectivity index is 2.89. The van der Waals surface area contributed by atoms with E-state index < -0.39 is 0 Å². The van der Waals surface area contributed by atoms with Crippen LogP contribution in [0.15, 0.2) is 36.7 Å². The number of anilines is 1. The van der Waals surface area contributed by atoms with Crippen LogP contribution in [0, 0.1) is 0 Å². The van der Waals surface area contributed by atoms with Gasteiger partial charge in [-0.15, -0.1) is 0 Å². The van der Waals surface area contributed by atoms with Gasteiger partial charge in [-0.2, -0.15) is 0 Å². The van der Waals surface area contributed by atoms with E-state index in [0.717, 1.165) is 16.5 Å². The van der Waals surface area contributed by atoms with Crippen LogP contribution in [-0.4, -0.2) is 14.1 Å². The molecule has 0 heterocycles. The number of hydrogen-bond donors (Lipinski definition) is 2. The van der Waals surface area contributed by atoms with E-state index in [4.69, 9.17) is 11.6 Å². The van der Waals surface area contributed by atoms with Crippen molar-refractivity contribution in [2.45, 2.75) is 0 Å². The molecule has 1 rings (SSSR count). The molecule has 0 bridgehead atoms. The van der Waals surface area contributed by atoms with Crippen LogP contribution >= 0.6 is 11.6 Å². The lowest BCUT2D eigenvalue weighted by molar-refractivity contribution is 0.738. The SMILES string of the molecule is C=C(NC)N(NC)c1ccc(Cl)cc1. The van der Waals surface area contributed by atoms with Gasteiger partial charge in [-0.3, -0.25) is 5.01 Å². The average molecular weight is 212 g/mol. The molecule has 76 valence electrons. The molecular formula is C10H14ClN3. The van der Waals surface area contributed by atoms with Crippen molar-refractivity contribution in [3.63, 3.8) is 0 Å². The molecule has 0 spiro atoms. The second-order valence-electron chi connectivity index (χ2n) is 2.73. The van der Waals surface area contributed by atoms with Crippen LogP contribution in [0.25, 0.3) is 0 Å². The van der Waals surface area contributed by atoms with E-state index >= 15 is 0 Å². The summed E-state index contributed by atoms with van der Waals surface area (Å²) in [7, 11) is 3.65. The highest BCUT2D eigenvalue weighted by Crippen LogP contribution is 2.18. The average Bonchev–Trinajstić information content (AvgIpc) is 2.21. The number of nitrogens with one attached hydrogen (secondary N) is 2. The number of rotatable bonds is 4. The highest BCUT2D eigenvalue weighted by atomic mass is 35.5. The Morgan fingerprint density at radius 2 is 1.86 bits per heavy atom. The van der Waals surface area contributed by atoms with Crippen LogP contribution in [0.5, 0.6) is 0 Å². The monoisotopic (exact) mass is 211 g/mol. The van der Waals surface area contributed by atoms with Crippen molar-refractivity contribution < 1.29 is 0 Å². The molecule has 0 saturated carbocycles. The minimum absolute atomic E-state index is 0.722. The van der Waals surface area contributed by atoms with Crippen LogP contribution in [0.1, 0.15) is 0 Å². The van der Waals surface area contributed by atoms with Crippen molar-refractivity contribution in [3.8, 4) is 0 Å². The first-order valence-electron chi connectivity index (χ1n) is 4.28. The van der Waals surface area contributed by atoms with Crippen LogP contribution in [0.2, 0.25) is 5.02 Å². The molecule has 0 aliphatic rings. The third-order valence-electron chi connectivity index (χ3n) is 1.87. The van der Waals surface area contributed by atoms with Crippen molar-refractivity contribution in [1.29, 1.82) is 0 Å². The Morgan fingerprint density at radius 3 is 2.29 bits per heavy atom. The second-order valence-corrected chi connectivity index (χ2v) is 3.17. The van der Waals surface area contributed by atoms with Crippen molar-refractivity contribution in [2.24, 2.45) is 0 Å². The summed E-state index contributed by atoms with van der Waals surface area (Å²) < 4.78 is 0. The maximum atomic E-state index is 5.80. The molecule has 0 fully saturated rings. The summed E-state index contributed by atoms with van der Waals surface area (Å²) >= 11 is 5.80. The molecule has 0 atom stereocenters. The fourth-order valence-corrected chi connectivity index (χ4v) is 1.25. The standard InChI is InChI=1S/C10H14ClN3/c1-8(12-2)14(13-3)10-6-4-9(11)5-7-10/h4-7,12-13H,1H2,2-3H3. The molecule has 1 aromatic rings. The fourth-order valence-electron chi connectivity index (χ4n) is 1.12. The lowest BCUT2D eigenvalue weighted by atomic mass is 10.3. The van der Waals surface area contributed by atoms with Crippen molar-refractivity contribution in [2.75, 3.05) is 19.1 Å². The zero-order valence-corrected chi connectivity index (χ0v) is 9.10. The fraction of sp³-hybridized carbons (Fsp3) is 0.200. The predicted octanol–water partition coefficient (Wildman–Crippen LogP) is 1.97. The van der Waals surface area contributed by atoms with Gasteiger partial charge in [0.2, 0.25) is 0 Å². The summed E-state index contributed by atoms with van der Waals surface area (Å²) in [6, 6.07) is 7.51. The predicted molar refractivity (Wildman–Crippen MR) is 61.2 cm³/mol. The summed E-state index contributed by atoms with van der Waals surface area (Å²) in [5.41, 5.74) is 4.00.